The molecule has 0 radical (unpaired) electrons. The number of carbonyl (C=O) groups is 1. The Kier molecular flexibility index (Phi) is 4.26. The molecular weight excluding hydrogens is 214 g/mol. The molecule has 1 unspecified atom stereocenters. The van der Waals surface area contributed by atoms with Crippen LogP contribution >= 0.6 is 0 Å². The van der Waals surface area contributed by atoms with Gasteiger partial charge in [0.2, 0.25) is 0 Å². The van der Waals surface area contributed by atoms with Crippen LogP contribution in [0.4, 0.5) is 0 Å². The summed E-state index contributed by atoms with van der Waals surface area (Å²) < 4.78 is 5.36. The summed E-state index contributed by atoms with van der Waals surface area (Å²) in [6, 6.07) is 4.01. The maximum atomic E-state index is 12.1. The minimum atomic E-state index is 0.0106. The van der Waals surface area contributed by atoms with E-state index in [1.54, 1.807) is 6.20 Å². The van der Waals surface area contributed by atoms with E-state index in [0.29, 0.717) is 13.0 Å². The standard InChI is InChI=1S/C14H19NO2/c1-2-9-17-10-7-13(16)12-6-5-11-4-3-8-15-14(11)12/h3-4,8,12H,2,5-7,9-10H2,1H3. The zero-order valence-electron chi connectivity index (χ0n) is 10.3. The second-order valence-electron chi connectivity index (χ2n) is 4.47. The number of fused-ring (bicyclic) bond motifs is 1. The smallest absolute Gasteiger partial charge is 0.144 e. The fourth-order valence-corrected chi connectivity index (χ4v) is 2.32. The van der Waals surface area contributed by atoms with Crippen LogP contribution in [0.5, 0.6) is 0 Å². The van der Waals surface area contributed by atoms with Crippen molar-refractivity contribution in [2.75, 3.05) is 13.2 Å². The van der Waals surface area contributed by atoms with Crippen LogP contribution in [0.3, 0.4) is 0 Å². The number of ether oxygens (including phenoxy) is 1. The Bertz CT molecular complexity index is 390. The van der Waals surface area contributed by atoms with E-state index in [0.717, 1.165) is 31.6 Å². The lowest BCUT2D eigenvalue weighted by Gasteiger charge is -2.09. The van der Waals surface area contributed by atoms with Gasteiger partial charge in [-0.05, 0) is 30.9 Å². The SMILES string of the molecule is CCCOCCC(=O)C1CCc2cccnc21. The highest BCUT2D eigenvalue weighted by atomic mass is 16.5. The normalized spacial score (nSPS) is 18.1. The van der Waals surface area contributed by atoms with Crippen molar-refractivity contribution in [1.29, 1.82) is 0 Å². The number of rotatable bonds is 6. The van der Waals surface area contributed by atoms with Crippen LogP contribution in [0.25, 0.3) is 0 Å². The molecule has 0 aromatic carbocycles. The molecule has 3 nitrogen and oxygen atoms in total. The Morgan fingerprint density at radius 3 is 3.24 bits per heavy atom. The third kappa shape index (κ3) is 2.91. The molecule has 17 heavy (non-hydrogen) atoms. The molecule has 3 heteroatoms. The number of carbonyl (C=O) groups excluding carboxylic acids is 1. The minimum absolute atomic E-state index is 0.0106. The van der Waals surface area contributed by atoms with E-state index in [4.69, 9.17) is 4.74 Å². The second kappa shape index (κ2) is 5.92. The largest absolute Gasteiger partial charge is 0.381 e. The van der Waals surface area contributed by atoms with E-state index in [2.05, 4.69) is 18.0 Å². The average Bonchev–Trinajstić information content (AvgIpc) is 2.78. The lowest BCUT2D eigenvalue weighted by Crippen LogP contribution is -2.13. The molecule has 2 rings (SSSR count). The van der Waals surface area contributed by atoms with Crippen LogP contribution in [0.15, 0.2) is 18.3 Å². The third-order valence-electron chi connectivity index (χ3n) is 3.19. The van der Waals surface area contributed by atoms with Crippen molar-refractivity contribution in [3.8, 4) is 0 Å². The molecule has 1 aliphatic carbocycles. The van der Waals surface area contributed by atoms with E-state index in [-0.39, 0.29) is 11.7 Å². The molecule has 0 saturated heterocycles. The zero-order valence-corrected chi connectivity index (χ0v) is 10.3. The molecule has 1 atom stereocenters. The first kappa shape index (κ1) is 12.2. The van der Waals surface area contributed by atoms with Gasteiger partial charge in [-0.3, -0.25) is 9.78 Å². The van der Waals surface area contributed by atoms with Crippen molar-refractivity contribution in [3.63, 3.8) is 0 Å². The van der Waals surface area contributed by atoms with Crippen molar-refractivity contribution < 1.29 is 9.53 Å². The van der Waals surface area contributed by atoms with Gasteiger partial charge in [0.05, 0.1) is 18.2 Å². The molecule has 92 valence electrons. The number of nitrogens with zero attached hydrogens (tertiary/aromatic N) is 1. The number of aromatic nitrogens is 1. The van der Waals surface area contributed by atoms with Crippen molar-refractivity contribution in [3.05, 3.63) is 29.6 Å². The van der Waals surface area contributed by atoms with Gasteiger partial charge in [0.25, 0.3) is 0 Å². The Balaban J connectivity index is 1.89. The number of ketones is 1. The summed E-state index contributed by atoms with van der Waals surface area (Å²) in [6.07, 6.45) is 5.19. The summed E-state index contributed by atoms with van der Waals surface area (Å²) in [5, 5.41) is 0. The topological polar surface area (TPSA) is 39.2 Å². The fraction of sp³-hybridized carbons (Fsp3) is 0.571. The Morgan fingerprint density at radius 2 is 2.41 bits per heavy atom. The van der Waals surface area contributed by atoms with Gasteiger partial charge in [-0.1, -0.05) is 13.0 Å². The van der Waals surface area contributed by atoms with Gasteiger partial charge in [-0.25, -0.2) is 0 Å². The van der Waals surface area contributed by atoms with Gasteiger partial charge in [0.1, 0.15) is 5.78 Å². The number of pyridine rings is 1. The van der Waals surface area contributed by atoms with Crippen molar-refractivity contribution in [2.45, 2.75) is 38.5 Å². The first-order chi connectivity index (χ1) is 8.33. The van der Waals surface area contributed by atoms with Crippen LogP contribution in [0.2, 0.25) is 0 Å². The van der Waals surface area contributed by atoms with Crippen molar-refractivity contribution in [1.82, 2.24) is 4.98 Å². The molecule has 1 heterocycles. The summed E-state index contributed by atoms with van der Waals surface area (Å²) in [4.78, 5) is 16.4. The van der Waals surface area contributed by atoms with Crippen LogP contribution in [0, 0.1) is 0 Å². The Morgan fingerprint density at radius 1 is 1.53 bits per heavy atom. The quantitative estimate of drug-likeness (QED) is 0.709. The highest BCUT2D eigenvalue weighted by molar-refractivity contribution is 5.86. The van der Waals surface area contributed by atoms with Crippen LogP contribution < -0.4 is 0 Å². The van der Waals surface area contributed by atoms with E-state index >= 15 is 0 Å². The maximum absolute atomic E-state index is 12.1. The molecule has 1 aromatic rings. The Labute approximate surface area is 102 Å². The lowest BCUT2D eigenvalue weighted by atomic mass is 9.99. The third-order valence-corrected chi connectivity index (χ3v) is 3.19. The number of hydrogen-bond acceptors (Lipinski definition) is 3. The number of hydrogen-bond donors (Lipinski definition) is 0. The molecule has 0 N–H and O–H groups in total. The van der Waals surface area contributed by atoms with Gasteiger partial charge >= 0.3 is 0 Å². The highest BCUT2D eigenvalue weighted by Gasteiger charge is 2.28. The van der Waals surface area contributed by atoms with Gasteiger partial charge in [-0.15, -0.1) is 0 Å². The minimum Gasteiger partial charge on any atom is -0.381 e. The molecule has 0 fully saturated rings. The summed E-state index contributed by atoms with van der Waals surface area (Å²) in [5.74, 6) is 0.287. The predicted molar refractivity (Wildman–Crippen MR) is 66.0 cm³/mol. The molecule has 0 saturated carbocycles. The van der Waals surface area contributed by atoms with Crippen LogP contribution in [-0.4, -0.2) is 24.0 Å². The predicted octanol–water partition coefficient (Wildman–Crippen LogP) is 2.50. The first-order valence-electron chi connectivity index (χ1n) is 6.37. The van der Waals surface area contributed by atoms with E-state index in [1.807, 2.05) is 6.07 Å². The maximum Gasteiger partial charge on any atom is 0.144 e. The monoisotopic (exact) mass is 233 g/mol. The average molecular weight is 233 g/mol. The Hall–Kier alpha value is -1.22. The molecule has 0 bridgehead atoms. The van der Waals surface area contributed by atoms with Gasteiger partial charge in [0, 0.05) is 19.2 Å². The van der Waals surface area contributed by atoms with Crippen LogP contribution in [-0.2, 0) is 16.0 Å². The van der Waals surface area contributed by atoms with E-state index in [9.17, 15) is 4.79 Å². The fourth-order valence-electron chi connectivity index (χ4n) is 2.32. The van der Waals surface area contributed by atoms with Gasteiger partial charge in [0.15, 0.2) is 0 Å². The highest BCUT2D eigenvalue weighted by Crippen LogP contribution is 2.32. The van der Waals surface area contributed by atoms with Crippen LogP contribution in [0.1, 0.15) is 43.4 Å². The lowest BCUT2D eigenvalue weighted by molar-refractivity contribution is -0.121. The summed E-state index contributed by atoms with van der Waals surface area (Å²) in [7, 11) is 0. The van der Waals surface area contributed by atoms with Gasteiger partial charge in [-0.2, -0.15) is 0 Å². The summed E-state index contributed by atoms with van der Waals surface area (Å²) in [6.45, 7) is 3.36. The molecular formula is C14H19NO2. The van der Waals surface area contributed by atoms with Gasteiger partial charge < -0.3 is 4.74 Å². The second-order valence-corrected chi connectivity index (χ2v) is 4.47. The zero-order chi connectivity index (χ0) is 12.1. The first-order valence-corrected chi connectivity index (χ1v) is 6.37. The van der Waals surface area contributed by atoms with E-state index < -0.39 is 0 Å². The van der Waals surface area contributed by atoms with E-state index in [1.165, 1.54) is 5.56 Å². The number of Topliss-reactive ketones (excluding diaryl/α,β-unsaturated/α-hetero) is 1. The summed E-state index contributed by atoms with van der Waals surface area (Å²) >= 11 is 0. The molecule has 1 aromatic heterocycles. The molecule has 1 aliphatic rings. The molecule has 0 amide bonds. The van der Waals surface area contributed by atoms with Crippen molar-refractivity contribution in [2.24, 2.45) is 0 Å². The molecule has 0 aliphatic heterocycles. The van der Waals surface area contributed by atoms with Crippen molar-refractivity contribution >= 4 is 5.78 Å². The summed E-state index contributed by atoms with van der Waals surface area (Å²) in [5.41, 5.74) is 2.23. The molecule has 0 spiro atoms. The number of aryl methyl sites for hydroxylation is 1.